The van der Waals surface area contributed by atoms with E-state index in [9.17, 15) is 4.79 Å². The molecule has 3 heterocycles. The first-order chi connectivity index (χ1) is 11.0. The zero-order valence-electron chi connectivity index (χ0n) is 14.4. The molecule has 0 saturated carbocycles. The number of fused-ring (bicyclic) bond motifs is 1. The van der Waals surface area contributed by atoms with Crippen LogP contribution in [0.25, 0.3) is 0 Å². The maximum atomic E-state index is 12.2. The predicted octanol–water partition coefficient (Wildman–Crippen LogP) is 1.38. The van der Waals surface area contributed by atoms with Crippen molar-refractivity contribution in [2.24, 2.45) is 0 Å². The topological polar surface area (TPSA) is 74.2 Å². The first-order valence-corrected chi connectivity index (χ1v) is 8.61. The zero-order chi connectivity index (χ0) is 16.6. The maximum Gasteiger partial charge on any atom is 0.318 e. The van der Waals surface area contributed by atoms with Gasteiger partial charge in [-0.25, -0.2) is 9.78 Å². The Hall–Kier alpha value is -1.92. The molecule has 1 aromatic rings. The second-order valence-corrected chi connectivity index (χ2v) is 6.57. The van der Waals surface area contributed by atoms with Crippen molar-refractivity contribution in [3.05, 3.63) is 11.4 Å². The molecule has 0 radical (unpaired) electrons. The highest BCUT2D eigenvalue weighted by molar-refractivity contribution is 5.78. The minimum Gasteiger partial charge on any atom is -0.337 e. The number of amides is 2. The molecule has 2 amide bonds. The van der Waals surface area contributed by atoms with Crippen molar-refractivity contribution in [3.63, 3.8) is 0 Å². The van der Waals surface area contributed by atoms with E-state index in [0.29, 0.717) is 5.95 Å². The van der Waals surface area contributed by atoms with Crippen LogP contribution in [0.1, 0.15) is 45.5 Å². The van der Waals surface area contributed by atoms with Crippen molar-refractivity contribution in [1.82, 2.24) is 25.4 Å². The predicted molar refractivity (Wildman–Crippen MR) is 88.5 cm³/mol. The number of piperidine rings is 1. The number of anilines is 1. The molecule has 1 aromatic heterocycles. The highest BCUT2D eigenvalue weighted by atomic mass is 16.2. The number of nitrogens with zero attached hydrogens (tertiary/aromatic N) is 5. The molecule has 2 atom stereocenters. The number of carbonyl (C=O) groups is 1. The number of nitrogens with one attached hydrogen (secondary N) is 1. The largest absolute Gasteiger partial charge is 0.337 e. The lowest BCUT2D eigenvalue weighted by Crippen LogP contribution is -2.52. The van der Waals surface area contributed by atoms with Gasteiger partial charge in [0.05, 0.1) is 23.5 Å². The summed E-state index contributed by atoms with van der Waals surface area (Å²) in [7, 11) is 0. The van der Waals surface area contributed by atoms with Crippen LogP contribution in [0.3, 0.4) is 0 Å². The van der Waals surface area contributed by atoms with Crippen LogP contribution < -0.4 is 10.2 Å². The van der Waals surface area contributed by atoms with E-state index in [1.54, 1.807) is 0 Å². The number of hydrogen-bond donors (Lipinski definition) is 1. The van der Waals surface area contributed by atoms with Gasteiger partial charge in [-0.3, -0.25) is 0 Å². The van der Waals surface area contributed by atoms with E-state index in [1.165, 1.54) is 0 Å². The highest BCUT2D eigenvalue weighted by Crippen LogP contribution is 2.26. The van der Waals surface area contributed by atoms with Gasteiger partial charge < -0.3 is 15.1 Å². The second-order valence-electron chi connectivity index (χ2n) is 6.57. The summed E-state index contributed by atoms with van der Waals surface area (Å²) in [4.78, 5) is 21.0. The Morgan fingerprint density at radius 2 is 1.96 bits per heavy atom. The van der Waals surface area contributed by atoms with Gasteiger partial charge in [0.1, 0.15) is 0 Å². The van der Waals surface area contributed by atoms with Gasteiger partial charge in [-0.15, -0.1) is 5.10 Å². The van der Waals surface area contributed by atoms with Crippen molar-refractivity contribution in [1.29, 1.82) is 0 Å². The van der Waals surface area contributed by atoms with Gasteiger partial charge in [-0.05, 0) is 33.1 Å². The number of aryl methyl sites for hydroxylation is 2. The summed E-state index contributed by atoms with van der Waals surface area (Å²) in [5.41, 5.74) is 2.00. The first-order valence-electron chi connectivity index (χ1n) is 8.61. The van der Waals surface area contributed by atoms with Gasteiger partial charge in [-0.1, -0.05) is 13.8 Å². The summed E-state index contributed by atoms with van der Waals surface area (Å²) >= 11 is 0. The average Bonchev–Trinajstić information content (AvgIpc) is 2.89. The summed E-state index contributed by atoms with van der Waals surface area (Å²) in [6.07, 6.45) is 2.65. The Kier molecular flexibility index (Phi) is 4.37. The Morgan fingerprint density at radius 1 is 1.22 bits per heavy atom. The van der Waals surface area contributed by atoms with E-state index in [2.05, 4.69) is 48.1 Å². The Balaban J connectivity index is 1.77. The molecule has 7 nitrogen and oxygen atoms in total. The average molecular weight is 318 g/mol. The third kappa shape index (κ3) is 2.84. The van der Waals surface area contributed by atoms with Crippen molar-refractivity contribution >= 4 is 12.0 Å². The monoisotopic (exact) mass is 318 g/mol. The van der Waals surface area contributed by atoms with Gasteiger partial charge in [0.2, 0.25) is 5.95 Å². The molecule has 0 unspecified atom stereocenters. The number of hydrogen-bond acceptors (Lipinski definition) is 5. The molecule has 1 N–H and O–H groups in total. The summed E-state index contributed by atoms with van der Waals surface area (Å²) in [5, 5.41) is 11.8. The fourth-order valence-electron chi connectivity index (χ4n) is 3.66. The van der Waals surface area contributed by atoms with Crippen LogP contribution in [0, 0.1) is 0 Å². The molecule has 7 heteroatoms. The van der Waals surface area contributed by atoms with Crippen LogP contribution in [0.4, 0.5) is 10.7 Å². The van der Waals surface area contributed by atoms with Crippen LogP contribution in [-0.2, 0) is 12.8 Å². The Labute approximate surface area is 137 Å². The summed E-state index contributed by atoms with van der Waals surface area (Å²) in [6.45, 7) is 9.91. The molecule has 2 aliphatic heterocycles. The number of carbonyl (C=O) groups excluding carboxylic acids is 1. The molecule has 2 saturated heterocycles. The number of urea groups is 1. The lowest BCUT2D eigenvalue weighted by molar-refractivity contribution is 0.175. The van der Waals surface area contributed by atoms with E-state index < -0.39 is 0 Å². The normalized spacial score (nSPS) is 24.1. The minimum atomic E-state index is 0.0477. The molecule has 0 aliphatic carbocycles. The first kappa shape index (κ1) is 16.0. The summed E-state index contributed by atoms with van der Waals surface area (Å²) in [5.74, 6) is 0.690. The minimum absolute atomic E-state index is 0.0477. The van der Waals surface area contributed by atoms with E-state index in [-0.39, 0.29) is 24.2 Å². The van der Waals surface area contributed by atoms with E-state index in [1.807, 2.05) is 4.90 Å². The Morgan fingerprint density at radius 3 is 2.61 bits per heavy atom. The van der Waals surface area contributed by atoms with Crippen LogP contribution in [-0.4, -0.2) is 57.3 Å². The Bertz CT molecular complexity index is 590. The van der Waals surface area contributed by atoms with Crippen LogP contribution in [0.15, 0.2) is 0 Å². The molecule has 0 bridgehead atoms. The smallest absolute Gasteiger partial charge is 0.318 e. The second kappa shape index (κ2) is 6.29. The quantitative estimate of drug-likeness (QED) is 0.908. The van der Waals surface area contributed by atoms with Crippen molar-refractivity contribution < 1.29 is 4.79 Å². The van der Waals surface area contributed by atoms with Gasteiger partial charge in [0.25, 0.3) is 0 Å². The van der Waals surface area contributed by atoms with E-state index in [4.69, 9.17) is 4.98 Å². The molecule has 23 heavy (non-hydrogen) atoms. The lowest BCUT2D eigenvalue weighted by Gasteiger charge is -2.37. The molecule has 3 rings (SSSR count). The number of rotatable bonds is 4. The molecule has 0 spiro atoms. The molecular formula is C16H26N6O. The molecular weight excluding hydrogens is 292 g/mol. The van der Waals surface area contributed by atoms with Crippen molar-refractivity contribution in [2.45, 2.75) is 65.1 Å². The van der Waals surface area contributed by atoms with Crippen LogP contribution in [0.5, 0.6) is 0 Å². The van der Waals surface area contributed by atoms with Gasteiger partial charge in [0.15, 0.2) is 0 Å². The van der Waals surface area contributed by atoms with Crippen molar-refractivity contribution in [2.75, 3.05) is 18.0 Å². The van der Waals surface area contributed by atoms with E-state index in [0.717, 1.165) is 43.7 Å². The highest BCUT2D eigenvalue weighted by Gasteiger charge is 2.44. The molecule has 2 aliphatic rings. The van der Waals surface area contributed by atoms with Crippen LogP contribution >= 0.6 is 0 Å². The standard InChI is InChI=1S/C16H26N6O/c1-5-11-12(6-2)19-20-15(17-11)21-8-7-14-13(9-21)18-16(23)22(14)10(3)4/h10,13-14H,5-9H2,1-4H3,(H,18,23)/t13-,14+/m1/s1. The maximum absolute atomic E-state index is 12.2. The third-order valence-electron chi connectivity index (χ3n) is 4.81. The molecule has 2 fully saturated rings. The zero-order valence-corrected chi connectivity index (χ0v) is 14.4. The van der Waals surface area contributed by atoms with Crippen molar-refractivity contribution in [3.8, 4) is 0 Å². The van der Waals surface area contributed by atoms with E-state index >= 15 is 0 Å². The van der Waals surface area contributed by atoms with Gasteiger partial charge in [-0.2, -0.15) is 5.10 Å². The van der Waals surface area contributed by atoms with Gasteiger partial charge >= 0.3 is 6.03 Å². The van der Waals surface area contributed by atoms with Crippen LogP contribution in [0.2, 0.25) is 0 Å². The fraction of sp³-hybridized carbons (Fsp3) is 0.750. The molecule has 126 valence electrons. The van der Waals surface area contributed by atoms with Gasteiger partial charge in [0, 0.05) is 19.1 Å². The lowest BCUT2D eigenvalue weighted by atomic mass is 9.99. The number of aromatic nitrogens is 3. The summed E-state index contributed by atoms with van der Waals surface area (Å²) < 4.78 is 0. The summed E-state index contributed by atoms with van der Waals surface area (Å²) in [6, 6.07) is 0.682. The molecule has 0 aromatic carbocycles. The SMILES string of the molecule is CCc1nnc(N2CC[C@H]3[C@@H](C2)NC(=O)N3C(C)C)nc1CC. The fourth-order valence-corrected chi connectivity index (χ4v) is 3.66. The third-order valence-corrected chi connectivity index (χ3v) is 4.81.